The lowest BCUT2D eigenvalue weighted by atomic mass is 10.0. The molecule has 1 N–H and O–H groups in total. The second-order valence-electron chi connectivity index (χ2n) is 7.95. The number of carbonyl (C=O) groups is 4. The molecule has 156 valence electrons. The zero-order valence-electron chi connectivity index (χ0n) is 17.5. The van der Waals surface area contributed by atoms with E-state index in [4.69, 9.17) is 0 Å². The molecular weight excluding hydrogens is 382 g/mol. The van der Waals surface area contributed by atoms with Gasteiger partial charge in [-0.05, 0) is 44.3 Å². The third kappa shape index (κ3) is 4.16. The fourth-order valence-electron chi connectivity index (χ4n) is 3.54. The van der Waals surface area contributed by atoms with E-state index in [0.29, 0.717) is 22.4 Å². The number of hydrogen-bond donors (Lipinski definition) is 1. The molecule has 1 heterocycles. The van der Waals surface area contributed by atoms with E-state index in [9.17, 15) is 19.2 Å². The highest BCUT2D eigenvalue weighted by Crippen LogP contribution is 2.28. The van der Waals surface area contributed by atoms with Gasteiger partial charge in [0.25, 0.3) is 11.8 Å². The number of carbonyl (C=O) groups excluding carboxylic acids is 4. The molecule has 1 unspecified atom stereocenters. The number of amides is 3. The second-order valence-corrected chi connectivity index (χ2v) is 7.95. The van der Waals surface area contributed by atoms with Crippen LogP contribution in [-0.4, -0.2) is 60.0 Å². The van der Waals surface area contributed by atoms with Crippen molar-refractivity contribution < 1.29 is 19.2 Å². The molecule has 1 aliphatic rings. The van der Waals surface area contributed by atoms with Crippen LogP contribution in [0.2, 0.25) is 0 Å². The van der Waals surface area contributed by atoms with Crippen LogP contribution in [0.3, 0.4) is 0 Å². The van der Waals surface area contributed by atoms with E-state index >= 15 is 0 Å². The van der Waals surface area contributed by atoms with E-state index in [1.54, 1.807) is 81.4 Å². The van der Waals surface area contributed by atoms with Gasteiger partial charge < -0.3 is 10.2 Å². The summed E-state index contributed by atoms with van der Waals surface area (Å²) in [7, 11) is 3.61. The fraction of sp³-hybridized carbons (Fsp3) is 0.304. The van der Waals surface area contributed by atoms with Crippen LogP contribution >= 0.6 is 0 Å². The topological polar surface area (TPSA) is 86.8 Å². The average molecular weight is 407 g/mol. The van der Waals surface area contributed by atoms with Gasteiger partial charge in [-0.25, -0.2) is 0 Å². The first-order valence-electron chi connectivity index (χ1n) is 9.76. The highest BCUT2D eigenvalue weighted by atomic mass is 16.2. The Bertz CT molecular complexity index is 978. The Morgan fingerprint density at radius 3 is 2.10 bits per heavy atom. The molecule has 0 aliphatic carbocycles. The molecule has 1 aliphatic heterocycles. The van der Waals surface area contributed by atoms with Crippen molar-refractivity contribution in [3.05, 3.63) is 65.2 Å². The lowest BCUT2D eigenvalue weighted by Gasteiger charge is -2.28. The van der Waals surface area contributed by atoms with Gasteiger partial charge in [-0.15, -0.1) is 0 Å². The number of hydrogen-bond acceptors (Lipinski definition) is 5. The van der Waals surface area contributed by atoms with E-state index in [2.05, 4.69) is 5.32 Å². The number of ketones is 1. The predicted molar refractivity (Wildman–Crippen MR) is 114 cm³/mol. The average Bonchev–Trinajstić information content (AvgIpc) is 2.93. The monoisotopic (exact) mass is 407 g/mol. The van der Waals surface area contributed by atoms with Crippen LogP contribution < -0.4 is 5.32 Å². The summed E-state index contributed by atoms with van der Waals surface area (Å²) in [6.07, 6.45) is 0. The molecule has 0 radical (unpaired) electrons. The summed E-state index contributed by atoms with van der Waals surface area (Å²) in [6.45, 7) is 3.82. The number of nitrogens with zero attached hydrogens (tertiary/aromatic N) is 2. The second kappa shape index (κ2) is 8.59. The molecule has 2 aromatic rings. The molecule has 3 rings (SSSR count). The summed E-state index contributed by atoms with van der Waals surface area (Å²) in [6, 6.07) is 12.2. The largest absolute Gasteiger partial charge is 0.324 e. The molecule has 7 nitrogen and oxygen atoms in total. The first-order chi connectivity index (χ1) is 14.2. The standard InChI is InChI=1S/C23H25N3O4/c1-14(2)20(26-22(29)17-10-5-6-11-18(17)23(26)30)21(28)24-16-9-7-8-15(12-16)19(27)13-25(3)4/h5-12,14,20H,13H2,1-4H3,(H,24,28). The summed E-state index contributed by atoms with van der Waals surface area (Å²) in [4.78, 5) is 53.9. The lowest BCUT2D eigenvalue weighted by Crippen LogP contribution is -2.50. The number of fused-ring (bicyclic) bond motifs is 1. The molecule has 0 saturated heterocycles. The maximum atomic E-state index is 13.1. The Labute approximate surface area is 175 Å². The zero-order chi connectivity index (χ0) is 22.0. The summed E-state index contributed by atoms with van der Waals surface area (Å²) >= 11 is 0. The normalized spacial score (nSPS) is 14.3. The van der Waals surface area contributed by atoms with Gasteiger partial charge in [-0.1, -0.05) is 38.1 Å². The molecule has 30 heavy (non-hydrogen) atoms. The molecule has 1 atom stereocenters. The first-order valence-corrected chi connectivity index (χ1v) is 9.76. The summed E-state index contributed by atoms with van der Waals surface area (Å²) in [5.74, 6) is -1.79. The van der Waals surface area contributed by atoms with Crippen molar-refractivity contribution in [2.45, 2.75) is 19.9 Å². The number of benzene rings is 2. The van der Waals surface area contributed by atoms with Crippen molar-refractivity contribution in [2.75, 3.05) is 26.0 Å². The first kappa shape index (κ1) is 21.4. The Kier molecular flexibility index (Phi) is 6.12. The SMILES string of the molecule is CC(C)C(C(=O)Nc1cccc(C(=O)CN(C)C)c1)N1C(=O)c2ccccc2C1=O. The minimum atomic E-state index is -0.974. The summed E-state index contributed by atoms with van der Waals surface area (Å²) < 4.78 is 0. The summed E-state index contributed by atoms with van der Waals surface area (Å²) in [5, 5.41) is 2.77. The van der Waals surface area contributed by atoms with Crippen molar-refractivity contribution in [2.24, 2.45) is 5.92 Å². The lowest BCUT2D eigenvalue weighted by molar-refractivity contribution is -0.121. The van der Waals surface area contributed by atoms with Crippen LogP contribution in [0.5, 0.6) is 0 Å². The molecule has 0 bridgehead atoms. The van der Waals surface area contributed by atoms with E-state index in [0.717, 1.165) is 4.90 Å². The van der Waals surface area contributed by atoms with Gasteiger partial charge in [0, 0.05) is 11.3 Å². The third-order valence-electron chi connectivity index (χ3n) is 4.92. The number of imide groups is 1. The Morgan fingerprint density at radius 1 is 0.967 bits per heavy atom. The maximum Gasteiger partial charge on any atom is 0.262 e. The van der Waals surface area contributed by atoms with E-state index in [1.165, 1.54) is 0 Å². The van der Waals surface area contributed by atoms with Crippen LogP contribution in [0.25, 0.3) is 0 Å². The predicted octanol–water partition coefficient (Wildman–Crippen LogP) is 2.69. The van der Waals surface area contributed by atoms with E-state index in [-0.39, 0.29) is 18.2 Å². The van der Waals surface area contributed by atoms with E-state index in [1.807, 2.05) is 0 Å². The molecule has 3 amide bonds. The highest BCUT2D eigenvalue weighted by Gasteiger charge is 2.43. The van der Waals surface area contributed by atoms with Gasteiger partial charge in [-0.2, -0.15) is 0 Å². The van der Waals surface area contributed by atoms with Gasteiger partial charge in [0.1, 0.15) is 6.04 Å². The molecule has 0 spiro atoms. The Hall–Kier alpha value is -3.32. The van der Waals surface area contributed by atoms with Crippen molar-refractivity contribution in [1.82, 2.24) is 9.80 Å². The quantitative estimate of drug-likeness (QED) is 0.563. The number of likely N-dealkylation sites (N-methyl/N-ethyl adjacent to an activating group) is 1. The van der Waals surface area contributed by atoms with Crippen LogP contribution in [0.1, 0.15) is 44.9 Å². The van der Waals surface area contributed by atoms with Crippen molar-refractivity contribution in [1.29, 1.82) is 0 Å². The fourth-order valence-corrected chi connectivity index (χ4v) is 3.54. The maximum absolute atomic E-state index is 13.1. The number of rotatable bonds is 7. The molecule has 7 heteroatoms. The minimum absolute atomic E-state index is 0.0724. The zero-order valence-corrected chi connectivity index (χ0v) is 17.5. The minimum Gasteiger partial charge on any atom is -0.324 e. The van der Waals surface area contributed by atoms with Gasteiger partial charge in [0.05, 0.1) is 17.7 Å². The number of nitrogens with one attached hydrogen (secondary N) is 1. The Morgan fingerprint density at radius 2 is 1.57 bits per heavy atom. The Balaban J connectivity index is 1.84. The molecule has 0 fully saturated rings. The van der Waals surface area contributed by atoms with Gasteiger partial charge in [-0.3, -0.25) is 24.1 Å². The third-order valence-corrected chi connectivity index (χ3v) is 4.92. The number of anilines is 1. The highest BCUT2D eigenvalue weighted by molar-refractivity contribution is 6.23. The molecular formula is C23H25N3O4. The van der Waals surface area contributed by atoms with Crippen molar-refractivity contribution in [3.8, 4) is 0 Å². The number of Topliss-reactive ketones (excluding diaryl/α,β-unsaturated/α-hetero) is 1. The van der Waals surface area contributed by atoms with Crippen LogP contribution in [0.4, 0.5) is 5.69 Å². The molecule has 0 aromatic heterocycles. The molecule has 0 saturated carbocycles. The van der Waals surface area contributed by atoms with Crippen LogP contribution in [0.15, 0.2) is 48.5 Å². The van der Waals surface area contributed by atoms with Crippen molar-refractivity contribution >= 4 is 29.2 Å². The van der Waals surface area contributed by atoms with Gasteiger partial charge in [0.2, 0.25) is 5.91 Å². The molecule has 2 aromatic carbocycles. The van der Waals surface area contributed by atoms with E-state index < -0.39 is 23.8 Å². The summed E-state index contributed by atoms with van der Waals surface area (Å²) in [5.41, 5.74) is 1.52. The van der Waals surface area contributed by atoms with Gasteiger partial charge in [0.15, 0.2) is 5.78 Å². The smallest absolute Gasteiger partial charge is 0.262 e. The van der Waals surface area contributed by atoms with Crippen LogP contribution in [0, 0.1) is 5.92 Å². The van der Waals surface area contributed by atoms with Crippen LogP contribution in [-0.2, 0) is 4.79 Å². The van der Waals surface area contributed by atoms with Gasteiger partial charge >= 0.3 is 0 Å². The van der Waals surface area contributed by atoms with Crippen molar-refractivity contribution in [3.63, 3.8) is 0 Å².